The molecule has 5 nitrogen and oxygen atoms in total. The van der Waals surface area contributed by atoms with Crippen LogP contribution in [-0.4, -0.2) is 47.9 Å². The van der Waals surface area contributed by atoms with Crippen LogP contribution in [0.5, 0.6) is 0 Å². The maximum atomic E-state index is 12.4. The van der Waals surface area contributed by atoms with Gasteiger partial charge in [-0.25, -0.2) is 4.79 Å². The molecule has 0 bridgehead atoms. The molecule has 24 heavy (non-hydrogen) atoms. The summed E-state index contributed by atoms with van der Waals surface area (Å²) in [5.74, 6) is 0.134. The molecule has 1 fully saturated rings. The Labute approximate surface area is 149 Å². The largest absolute Gasteiger partial charge is 0.339 e. The molecule has 0 spiro atoms. The van der Waals surface area contributed by atoms with Crippen molar-refractivity contribution in [1.82, 2.24) is 15.1 Å². The summed E-state index contributed by atoms with van der Waals surface area (Å²) in [6.45, 7) is 9.95. The highest BCUT2D eigenvalue weighted by molar-refractivity contribution is 6.30. The lowest BCUT2D eigenvalue weighted by atomic mass is 9.94. The van der Waals surface area contributed by atoms with E-state index in [4.69, 9.17) is 11.6 Å². The minimum Gasteiger partial charge on any atom is -0.339 e. The van der Waals surface area contributed by atoms with E-state index in [0.717, 1.165) is 5.56 Å². The fraction of sp³-hybridized carbons (Fsp3) is 0.556. The zero-order valence-corrected chi connectivity index (χ0v) is 15.6. The second-order valence-electron chi connectivity index (χ2n) is 7.26. The number of carbonyl (C=O) groups is 2. The van der Waals surface area contributed by atoms with Crippen LogP contribution in [0.3, 0.4) is 0 Å². The van der Waals surface area contributed by atoms with Gasteiger partial charge in [-0.05, 0) is 24.6 Å². The highest BCUT2D eigenvalue weighted by Gasteiger charge is 2.31. The van der Waals surface area contributed by atoms with Crippen LogP contribution in [-0.2, 0) is 4.79 Å². The van der Waals surface area contributed by atoms with Crippen molar-refractivity contribution in [3.05, 3.63) is 34.9 Å². The Kier molecular flexibility index (Phi) is 5.75. The number of urea groups is 1. The number of benzene rings is 1. The Morgan fingerprint density at radius 1 is 1.12 bits per heavy atom. The van der Waals surface area contributed by atoms with E-state index in [1.165, 1.54) is 0 Å². The second kappa shape index (κ2) is 7.43. The van der Waals surface area contributed by atoms with Crippen molar-refractivity contribution >= 4 is 23.5 Å². The predicted octanol–water partition coefficient (Wildman–Crippen LogP) is 3.30. The van der Waals surface area contributed by atoms with Crippen LogP contribution in [0.25, 0.3) is 0 Å². The van der Waals surface area contributed by atoms with Crippen molar-refractivity contribution in [2.45, 2.75) is 33.7 Å². The van der Waals surface area contributed by atoms with Gasteiger partial charge in [-0.2, -0.15) is 0 Å². The molecule has 1 aliphatic heterocycles. The molecule has 0 radical (unpaired) electrons. The molecular formula is C18H26ClN3O2. The Morgan fingerprint density at radius 3 is 2.25 bits per heavy atom. The maximum absolute atomic E-state index is 12.4. The molecule has 3 amide bonds. The molecule has 1 atom stereocenters. The van der Waals surface area contributed by atoms with E-state index in [2.05, 4.69) is 5.32 Å². The number of halogens is 1. The van der Waals surface area contributed by atoms with Crippen LogP contribution < -0.4 is 5.32 Å². The maximum Gasteiger partial charge on any atom is 0.317 e. The van der Waals surface area contributed by atoms with Crippen LogP contribution >= 0.6 is 11.6 Å². The molecular weight excluding hydrogens is 326 g/mol. The first-order chi connectivity index (χ1) is 11.2. The minimum absolute atomic E-state index is 0.106. The number of nitrogens with zero attached hydrogens (tertiary/aromatic N) is 2. The topological polar surface area (TPSA) is 52.7 Å². The van der Waals surface area contributed by atoms with Crippen LogP contribution in [0.4, 0.5) is 4.79 Å². The molecule has 6 heteroatoms. The van der Waals surface area contributed by atoms with E-state index < -0.39 is 0 Å². The number of hydrogen-bond donors (Lipinski definition) is 1. The van der Waals surface area contributed by atoms with Gasteiger partial charge >= 0.3 is 6.03 Å². The molecule has 0 aliphatic carbocycles. The number of piperazine rings is 1. The van der Waals surface area contributed by atoms with Crippen LogP contribution in [0.15, 0.2) is 24.3 Å². The number of carbonyl (C=O) groups excluding carboxylic acids is 2. The zero-order valence-electron chi connectivity index (χ0n) is 14.8. The van der Waals surface area contributed by atoms with Gasteiger partial charge in [0.05, 0.1) is 6.04 Å². The Balaban J connectivity index is 1.88. The van der Waals surface area contributed by atoms with Gasteiger partial charge in [-0.1, -0.05) is 44.5 Å². The number of amides is 3. The zero-order chi connectivity index (χ0) is 17.9. The average Bonchev–Trinajstić information content (AvgIpc) is 2.53. The van der Waals surface area contributed by atoms with E-state index in [1.807, 2.05) is 56.9 Å². The highest BCUT2D eigenvalue weighted by Crippen LogP contribution is 2.20. The minimum atomic E-state index is -0.383. The molecule has 0 aromatic heterocycles. The second-order valence-corrected chi connectivity index (χ2v) is 7.69. The number of nitrogens with one attached hydrogen (secondary N) is 1. The fourth-order valence-electron chi connectivity index (χ4n) is 2.72. The third-order valence-corrected chi connectivity index (χ3v) is 4.42. The molecule has 2 rings (SSSR count). The molecule has 1 N–H and O–H groups in total. The third kappa shape index (κ3) is 4.63. The summed E-state index contributed by atoms with van der Waals surface area (Å²) in [5, 5.41) is 3.65. The smallest absolute Gasteiger partial charge is 0.317 e. The molecule has 1 saturated heterocycles. The molecule has 0 saturated carbocycles. The Morgan fingerprint density at radius 2 is 1.71 bits per heavy atom. The summed E-state index contributed by atoms with van der Waals surface area (Å²) >= 11 is 6.00. The standard InChI is InChI=1S/C18H26ClN3O2/c1-13(14-6-5-7-15(19)12-14)20-17(24)22-10-8-21(9-11-22)16(23)18(2,3)4/h5-7,12-13H,8-11H2,1-4H3,(H,20,24). The van der Waals surface area contributed by atoms with E-state index in [9.17, 15) is 9.59 Å². The first kappa shape index (κ1) is 18.6. The van der Waals surface area contributed by atoms with Gasteiger partial charge in [0.15, 0.2) is 0 Å². The van der Waals surface area contributed by atoms with Crippen LogP contribution in [0.1, 0.15) is 39.3 Å². The van der Waals surface area contributed by atoms with Gasteiger partial charge in [0.2, 0.25) is 5.91 Å². The van der Waals surface area contributed by atoms with Crippen LogP contribution in [0.2, 0.25) is 5.02 Å². The number of rotatable bonds is 2. The summed E-state index contributed by atoms with van der Waals surface area (Å²) in [4.78, 5) is 28.3. The number of hydrogen-bond acceptors (Lipinski definition) is 2. The van der Waals surface area contributed by atoms with E-state index >= 15 is 0 Å². The van der Waals surface area contributed by atoms with Crippen molar-refractivity contribution < 1.29 is 9.59 Å². The summed E-state index contributed by atoms with van der Waals surface area (Å²) in [6, 6.07) is 7.25. The predicted molar refractivity (Wildman–Crippen MR) is 96.0 cm³/mol. The first-order valence-electron chi connectivity index (χ1n) is 8.29. The lowest BCUT2D eigenvalue weighted by Gasteiger charge is -2.38. The van der Waals surface area contributed by atoms with Crippen molar-refractivity contribution in [1.29, 1.82) is 0 Å². The lowest BCUT2D eigenvalue weighted by Crippen LogP contribution is -2.55. The van der Waals surface area contributed by atoms with Gasteiger partial charge in [-0.15, -0.1) is 0 Å². The van der Waals surface area contributed by atoms with E-state index in [1.54, 1.807) is 4.90 Å². The first-order valence-corrected chi connectivity index (χ1v) is 8.66. The van der Waals surface area contributed by atoms with E-state index in [-0.39, 0.29) is 23.4 Å². The summed E-state index contributed by atoms with van der Waals surface area (Å²) in [5.41, 5.74) is 0.586. The highest BCUT2D eigenvalue weighted by atomic mass is 35.5. The van der Waals surface area contributed by atoms with Crippen molar-refractivity contribution in [2.24, 2.45) is 5.41 Å². The van der Waals surface area contributed by atoms with Gasteiger partial charge in [0, 0.05) is 36.6 Å². The lowest BCUT2D eigenvalue weighted by molar-refractivity contribution is -0.140. The van der Waals surface area contributed by atoms with Crippen LogP contribution in [0, 0.1) is 5.41 Å². The molecule has 1 aromatic rings. The fourth-order valence-corrected chi connectivity index (χ4v) is 2.92. The molecule has 132 valence electrons. The Hall–Kier alpha value is -1.75. The van der Waals surface area contributed by atoms with Crippen molar-refractivity contribution in [2.75, 3.05) is 26.2 Å². The van der Waals surface area contributed by atoms with Gasteiger partial charge in [-0.3, -0.25) is 4.79 Å². The van der Waals surface area contributed by atoms with Gasteiger partial charge in [0.25, 0.3) is 0 Å². The summed E-state index contributed by atoms with van der Waals surface area (Å²) < 4.78 is 0. The molecule has 1 unspecified atom stereocenters. The van der Waals surface area contributed by atoms with Gasteiger partial charge in [0.1, 0.15) is 0 Å². The van der Waals surface area contributed by atoms with E-state index in [0.29, 0.717) is 31.2 Å². The quantitative estimate of drug-likeness (QED) is 0.888. The van der Waals surface area contributed by atoms with Crippen molar-refractivity contribution in [3.63, 3.8) is 0 Å². The monoisotopic (exact) mass is 351 g/mol. The normalized spacial score (nSPS) is 16.7. The summed E-state index contributed by atoms with van der Waals surface area (Å²) in [7, 11) is 0. The molecule has 1 aliphatic rings. The average molecular weight is 352 g/mol. The molecule has 1 heterocycles. The molecule has 1 aromatic carbocycles. The summed E-state index contributed by atoms with van der Waals surface area (Å²) in [6.07, 6.45) is 0. The SMILES string of the molecule is CC(NC(=O)N1CCN(C(=O)C(C)(C)C)CC1)c1cccc(Cl)c1. The Bertz CT molecular complexity index is 605. The third-order valence-electron chi connectivity index (χ3n) is 4.18. The van der Waals surface area contributed by atoms with Gasteiger partial charge < -0.3 is 15.1 Å². The van der Waals surface area contributed by atoms with Crippen molar-refractivity contribution in [3.8, 4) is 0 Å².